The third kappa shape index (κ3) is 4.06. The van der Waals surface area contributed by atoms with Crippen LogP contribution in [0.3, 0.4) is 0 Å². The molecule has 0 saturated heterocycles. The number of hydrogen-bond donors (Lipinski definition) is 0. The average molecular weight is 612 g/mol. The zero-order chi connectivity index (χ0) is 31.6. The summed E-state index contributed by atoms with van der Waals surface area (Å²) in [6, 6.07) is 63.2. The molecule has 2 aromatic heterocycles. The molecule has 0 aliphatic heterocycles. The zero-order valence-corrected chi connectivity index (χ0v) is 26.1. The van der Waals surface area contributed by atoms with Crippen LogP contribution in [0.25, 0.3) is 93.6 Å². The molecule has 0 unspecified atom stereocenters. The predicted octanol–water partition coefficient (Wildman–Crippen LogP) is 12.8. The molecule has 2 heterocycles. The summed E-state index contributed by atoms with van der Waals surface area (Å²) in [7, 11) is 0. The number of benzene rings is 8. The number of para-hydroxylation sites is 2. The Bertz CT molecular complexity index is 2800. The topological polar surface area (TPSA) is 18.1 Å². The van der Waals surface area contributed by atoms with Crippen LogP contribution in [-0.4, -0.2) is 4.57 Å². The smallest absolute Gasteiger partial charge is 0.143 e. The van der Waals surface area contributed by atoms with Crippen LogP contribution in [-0.2, 0) is 0 Å². The van der Waals surface area contributed by atoms with Gasteiger partial charge < -0.3 is 8.98 Å². The Labute approximate surface area is 277 Å². The summed E-state index contributed by atoms with van der Waals surface area (Å²) in [6.07, 6.45) is 0. The van der Waals surface area contributed by atoms with Gasteiger partial charge in [0.15, 0.2) is 0 Å². The SMILES string of the molecule is c1ccc(-c2ccc(-c3ccccc3)c(-c3ccc(-n4c5ccccc5c5c6c(ccc7c8ccccc8oc76)ccc54)cc3)c2)cc1. The summed E-state index contributed by atoms with van der Waals surface area (Å²) in [5.41, 5.74) is 12.6. The Morgan fingerprint density at radius 1 is 0.375 bits per heavy atom. The molecule has 2 heteroatoms. The molecule has 0 N–H and O–H groups in total. The van der Waals surface area contributed by atoms with E-state index < -0.39 is 0 Å². The molecule has 48 heavy (non-hydrogen) atoms. The molecule has 10 aromatic rings. The minimum atomic E-state index is 0.919. The third-order valence-electron chi connectivity index (χ3n) is 9.81. The van der Waals surface area contributed by atoms with Gasteiger partial charge in [0.25, 0.3) is 0 Å². The van der Waals surface area contributed by atoms with Crippen molar-refractivity contribution in [1.29, 1.82) is 0 Å². The number of rotatable bonds is 4. The molecular formula is C46H29NO. The van der Waals surface area contributed by atoms with E-state index in [0.717, 1.165) is 33.0 Å². The summed E-state index contributed by atoms with van der Waals surface area (Å²) in [4.78, 5) is 0. The van der Waals surface area contributed by atoms with Gasteiger partial charge in [-0.3, -0.25) is 0 Å². The summed E-state index contributed by atoms with van der Waals surface area (Å²) in [5, 5.41) is 7.09. The Balaban J connectivity index is 1.18. The molecule has 0 fully saturated rings. The molecule has 0 saturated carbocycles. The van der Waals surface area contributed by atoms with Gasteiger partial charge >= 0.3 is 0 Å². The summed E-state index contributed by atoms with van der Waals surface area (Å²) in [6.45, 7) is 0. The minimum absolute atomic E-state index is 0.919. The maximum Gasteiger partial charge on any atom is 0.143 e. The summed E-state index contributed by atoms with van der Waals surface area (Å²) in [5.74, 6) is 0. The van der Waals surface area contributed by atoms with Crippen LogP contribution in [0.1, 0.15) is 0 Å². The lowest BCUT2D eigenvalue weighted by atomic mass is 9.91. The molecule has 0 bridgehead atoms. The van der Waals surface area contributed by atoms with Gasteiger partial charge in [-0.05, 0) is 81.2 Å². The Morgan fingerprint density at radius 3 is 1.83 bits per heavy atom. The van der Waals surface area contributed by atoms with Crippen molar-refractivity contribution in [2.75, 3.05) is 0 Å². The fraction of sp³-hybridized carbons (Fsp3) is 0. The van der Waals surface area contributed by atoms with Crippen LogP contribution in [0, 0.1) is 0 Å². The first-order chi connectivity index (χ1) is 23.8. The predicted molar refractivity (Wildman–Crippen MR) is 202 cm³/mol. The Kier molecular flexibility index (Phi) is 5.91. The molecule has 8 aromatic carbocycles. The van der Waals surface area contributed by atoms with E-state index in [1.165, 1.54) is 60.6 Å². The van der Waals surface area contributed by atoms with Gasteiger partial charge in [-0.2, -0.15) is 0 Å². The van der Waals surface area contributed by atoms with E-state index in [4.69, 9.17) is 4.42 Å². The summed E-state index contributed by atoms with van der Waals surface area (Å²) >= 11 is 0. The highest BCUT2D eigenvalue weighted by Crippen LogP contribution is 2.43. The Morgan fingerprint density at radius 2 is 1.02 bits per heavy atom. The van der Waals surface area contributed by atoms with E-state index in [-0.39, 0.29) is 0 Å². The summed E-state index contributed by atoms with van der Waals surface area (Å²) < 4.78 is 8.98. The fourth-order valence-electron chi connectivity index (χ4n) is 7.58. The standard InChI is InChI=1S/C46H29NO/c1-3-11-30(12-4-1)34-22-26-36(31-13-5-2-6-14-31)40(29-34)32-19-24-35(25-20-32)47-41-17-9-7-16-39(41)45-42(47)28-23-33-21-27-38-37-15-8-10-18-43(37)48-46(38)44(33)45/h1-29H. The quantitative estimate of drug-likeness (QED) is 0.194. The van der Waals surface area contributed by atoms with Gasteiger partial charge in [-0.15, -0.1) is 0 Å². The van der Waals surface area contributed by atoms with Gasteiger partial charge in [0.05, 0.1) is 11.0 Å². The highest BCUT2D eigenvalue weighted by atomic mass is 16.3. The van der Waals surface area contributed by atoms with Gasteiger partial charge in [-0.25, -0.2) is 0 Å². The zero-order valence-electron chi connectivity index (χ0n) is 26.1. The molecule has 0 atom stereocenters. The van der Waals surface area contributed by atoms with E-state index in [0.29, 0.717) is 0 Å². The largest absolute Gasteiger partial charge is 0.455 e. The normalized spacial score (nSPS) is 11.8. The second-order valence-electron chi connectivity index (χ2n) is 12.5. The van der Waals surface area contributed by atoms with Crippen molar-refractivity contribution < 1.29 is 4.42 Å². The first kappa shape index (κ1) is 26.8. The minimum Gasteiger partial charge on any atom is -0.455 e. The Hall–Kier alpha value is -6.38. The maximum atomic E-state index is 6.58. The number of hydrogen-bond acceptors (Lipinski definition) is 1. The average Bonchev–Trinajstić information content (AvgIpc) is 3.71. The van der Waals surface area contributed by atoms with E-state index in [2.05, 4.69) is 174 Å². The molecule has 0 amide bonds. The van der Waals surface area contributed by atoms with Crippen molar-refractivity contribution in [1.82, 2.24) is 4.57 Å². The maximum absolute atomic E-state index is 6.58. The van der Waals surface area contributed by atoms with Gasteiger partial charge in [-0.1, -0.05) is 133 Å². The van der Waals surface area contributed by atoms with Crippen molar-refractivity contribution in [3.63, 3.8) is 0 Å². The second-order valence-corrected chi connectivity index (χ2v) is 12.5. The van der Waals surface area contributed by atoms with Crippen LogP contribution in [0.2, 0.25) is 0 Å². The van der Waals surface area contributed by atoms with Crippen LogP contribution >= 0.6 is 0 Å². The molecule has 0 aliphatic carbocycles. The first-order valence-electron chi connectivity index (χ1n) is 16.4. The van der Waals surface area contributed by atoms with E-state index >= 15 is 0 Å². The molecule has 10 rings (SSSR count). The van der Waals surface area contributed by atoms with E-state index in [1.54, 1.807) is 0 Å². The van der Waals surface area contributed by atoms with Crippen LogP contribution < -0.4 is 0 Å². The van der Waals surface area contributed by atoms with Crippen molar-refractivity contribution >= 4 is 54.5 Å². The van der Waals surface area contributed by atoms with E-state index in [1.807, 2.05) is 6.07 Å². The van der Waals surface area contributed by atoms with Crippen LogP contribution in [0.15, 0.2) is 180 Å². The lowest BCUT2D eigenvalue weighted by Crippen LogP contribution is -1.94. The number of aromatic nitrogens is 1. The highest BCUT2D eigenvalue weighted by molar-refractivity contribution is 6.29. The van der Waals surface area contributed by atoms with Crippen molar-refractivity contribution in [3.8, 4) is 39.1 Å². The monoisotopic (exact) mass is 611 g/mol. The third-order valence-corrected chi connectivity index (χ3v) is 9.81. The van der Waals surface area contributed by atoms with Crippen LogP contribution in [0.4, 0.5) is 0 Å². The molecule has 224 valence electrons. The van der Waals surface area contributed by atoms with Crippen LogP contribution in [0.5, 0.6) is 0 Å². The molecular weight excluding hydrogens is 583 g/mol. The highest BCUT2D eigenvalue weighted by Gasteiger charge is 2.19. The van der Waals surface area contributed by atoms with E-state index in [9.17, 15) is 0 Å². The van der Waals surface area contributed by atoms with Crippen molar-refractivity contribution in [3.05, 3.63) is 176 Å². The van der Waals surface area contributed by atoms with Gasteiger partial charge in [0.1, 0.15) is 11.2 Å². The first-order valence-corrected chi connectivity index (χ1v) is 16.4. The molecule has 0 radical (unpaired) electrons. The molecule has 0 aliphatic rings. The number of furan rings is 1. The lowest BCUT2D eigenvalue weighted by Gasteiger charge is -2.15. The lowest BCUT2D eigenvalue weighted by molar-refractivity contribution is 0.673. The second kappa shape index (κ2) is 10.6. The van der Waals surface area contributed by atoms with Crippen molar-refractivity contribution in [2.24, 2.45) is 0 Å². The van der Waals surface area contributed by atoms with Gasteiger partial charge in [0.2, 0.25) is 0 Å². The number of fused-ring (bicyclic) bond motifs is 9. The van der Waals surface area contributed by atoms with Crippen molar-refractivity contribution in [2.45, 2.75) is 0 Å². The fourth-order valence-corrected chi connectivity index (χ4v) is 7.58. The molecule has 0 spiro atoms. The van der Waals surface area contributed by atoms with Gasteiger partial charge in [0, 0.05) is 32.6 Å². The number of nitrogens with zero attached hydrogens (tertiary/aromatic N) is 1. The molecule has 2 nitrogen and oxygen atoms in total.